The molecule has 0 aliphatic carbocycles. The minimum atomic E-state index is -0.922. The highest BCUT2D eigenvalue weighted by Gasteiger charge is 2.42. The van der Waals surface area contributed by atoms with Crippen molar-refractivity contribution in [3.05, 3.63) is 35.9 Å². The lowest BCUT2D eigenvalue weighted by Crippen LogP contribution is -2.61. The normalized spacial score (nSPS) is 14.5. The summed E-state index contributed by atoms with van der Waals surface area (Å²) >= 11 is 0. The van der Waals surface area contributed by atoms with E-state index in [0.29, 0.717) is 19.3 Å². The van der Waals surface area contributed by atoms with Crippen LogP contribution < -0.4 is 5.73 Å². The minimum Gasteiger partial charge on any atom is -0.368 e. The molecule has 0 aromatic heterocycles. The summed E-state index contributed by atoms with van der Waals surface area (Å²) in [5, 5.41) is 0. The fraction of sp³-hybridized carbons (Fsp3) is 0.639. The predicted molar refractivity (Wildman–Crippen MR) is 182 cm³/mol. The topological polar surface area (TPSA) is 124 Å². The van der Waals surface area contributed by atoms with Gasteiger partial charge < -0.3 is 25.3 Å². The van der Waals surface area contributed by atoms with Crippen molar-refractivity contribution in [2.45, 2.75) is 98.3 Å². The molecule has 0 heterocycles. The Morgan fingerprint density at radius 2 is 1.07 bits per heavy atom. The van der Waals surface area contributed by atoms with Crippen LogP contribution in [0.4, 0.5) is 0 Å². The molecule has 2 N–H and O–H groups in total. The van der Waals surface area contributed by atoms with Crippen LogP contribution in [0.3, 0.4) is 0 Å². The van der Waals surface area contributed by atoms with Crippen molar-refractivity contribution >= 4 is 29.5 Å². The highest BCUT2D eigenvalue weighted by Crippen LogP contribution is 2.24. The van der Waals surface area contributed by atoms with Gasteiger partial charge in [0.15, 0.2) is 0 Å². The van der Waals surface area contributed by atoms with E-state index >= 15 is 0 Å². The Bertz CT molecular complexity index is 1220. The van der Waals surface area contributed by atoms with Crippen LogP contribution in [0.2, 0.25) is 0 Å². The van der Waals surface area contributed by atoms with Crippen LogP contribution in [0.1, 0.15) is 73.3 Å². The number of terminal acetylenes is 1. The van der Waals surface area contributed by atoms with Gasteiger partial charge in [0.05, 0.1) is 0 Å². The van der Waals surface area contributed by atoms with Crippen molar-refractivity contribution in [2.75, 3.05) is 28.2 Å². The molecule has 1 aromatic carbocycles. The Morgan fingerprint density at radius 3 is 1.43 bits per heavy atom. The second-order valence-electron chi connectivity index (χ2n) is 13.5. The lowest BCUT2D eigenvalue weighted by atomic mass is 9.94. The van der Waals surface area contributed by atoms with E-state index < -0.39 is 41.9 Å². The second-order valence-corrected chi connectivity index (χ2v) is 13.5. The summed E-state index contributed by atoms with van der Waals surface area (Å²) in [5.74, 6) is -0.571. The maximum absolute atomic E-state index is 14.2. The predicted octanol–water partition coefficient (Wildman–Crippen LogP) is 3.43. The van der Waals surface area contributed by atoms with E-state index in [4.69, 9.17) is 12.2 Å². The monoisotopic (exact) mass is 639 g/mol. The molecule has 5 unspecified atom stereocenters. The summed E-state index contributed by atoms with van der Waals surface area (Å²) in [7, 11) is 6.28. The zero-order chi connectivity index (χ0) is 35.5. The number of benzene rings is 1. The molecule has 0 saturated heterocycles. The summed E-state index contributed by atoms with van der Waals surface area (Å²) in [5.41, 5.74) is 6.60. The highest BCUT2D eigenvalue weighted by atomic mass is 16.2. The number of rotatable bonds is 17. The fourth-order valence-corrected chi connectivity index (χ4v) is 6.13. The van der Waals surface area contributed by atoms with Gasteiger partial charge in [-0.05, 0) is 36.2 Å². The molecule has 5 amide bonds. The smallest absolute Gasteiger partial charge is 0.246 e. The summed E-state index contributed by atoms with van der Waals surface area (Å²) < 4.78 is 0. The molecule has 1 aromatic rings. The lowest BCUT2D eigenvalue weighted by molar-refractivity contribution is -0.157. The van der Waals surface area contributed by atoms with Crippen molar-refractivity contribution in [3.63, 3.8) is 0 Å². The molecule has 0 spiro atoms. The summed E-state index contributed by atoms with van der Waals surface area (Å²) in [6.07, 6.45) is 7.50. The van der Waals surface area contributed by atoms with Crippen LogP contribution in [0.5, 0.6) is 0 Å². The number of carbonyl (C=O) groups is 5. The lowest BCUT2D eigenvalue weighted by Gasteiger charge is -2.41. The molecule has 0 bridgehead atoms. The number of nitrogens with zero attached hydrogens (tertiary/aromatic N) is 4. The maximum atomic E-state index is 14.2. The van der Waals surface area contributed by atoms with Crippen LogP contribution >= 0.6 is 0 Å². The van der Waals surface area contributed by atoms with E-state index in [0.717, 1.165) is 5.56 Å². The van der Waals surface area contributed by atoms with Gasteiger partial charge in [0.1, 0.15) is 24.2 Å². The van der Waals surface area contributed by atoms with Crippen molar-refractivity contribution in [1.29, 1.82) is 0 Å². The van der Waals surface area contributed by atoms with Crippen LogP contribution in [0, 0.1) is 36.0 Å². The van der Waals surface area contributed by atoms with Crippen molar-refractivity contribution in [3.8, 4) is 12.3 Å². The van der Waals surface area contributed by atoms with E-state index in [-0.39, 0.29) is 41.9 Å². The molecule has 0 saturated carbocycles. The van der Waals surface area contributed by atoms with Gasteiger partial charge in [0, 0.05) is 47.0 Å². The van der Waals surface area contributed by atoms with Crippen molar-refractivity contribution < 1.29 is 24.0 Å². The Kier molecular flexibility index (Phi) is 16.0. The number of unbranched alkanes of at least 4 members (excludes halogenated alkanes) is 1. The van der Waals surface area contributed by atoms with Gasteiger partial charge in [0.25, 0.3) is 0 Å². The third-order valence-corrected chi connectivity index (χ3v) is 8.74. The van der Waals surface area contributed by atoms with Gasteiger partial charge in [-0.25, -0.2) is 0 Å². The van der Waals surface area contributed by atoms with Gasteiger partial charge in [-0.3, -0.25) is 24.0 Å². The highest BCUT2D eigenvalue weighted by molar-refractivity contribution is 5.95. The van der Waals surface area contributed by atoms with Crippen LogP contribution in [0.25, 0.3) is 0 Å². The number of likely N-dealkylation sites (N-methyl/N-ethyl adjacent to an activating group) is 4. The Morgan fingerprint density at radius 1 is 0.674 bits per heavy atom. The number of primary amides is 1. The van der Waals surface area contributed by atoms with Gasteiger partial charge >= 0.3 is 0 Å². The first-order chi connectivity index (χ1) is 21.4. The van der Waals surface area contributed by atoms with Gasteiger partial charge in [-0.15, -0.1) is 12.3 Å². The Balaban J connectivity index is 3.33. The molecule has 5 atom stereocenters. The third kappa shape index (κ3) is 10.3. The van der Waals surface area contributed by atoms with Crippen molar-refractivity contribution in [2.24, 2.45) is 29.4 Å². The average Bonchev–Trinajstić information content (AvgIpc) is 2.98. The van der Waals surface area contributed by atoms with E-state index in [1.54, 1.807) is 21.1 Å². The first-order valence-electron chi connectivity index (χ1n) is 16.2. The SMILES string of the molecule is C#CCCCC(C)C(=O)N(C)C(C(=O)N(C)C(C(=O)N(C)C(C(=O)N(C)C(Cc1ccccc1)C(N)=O)C(C)C)C(C)C)C(C)C. The Labute approximate surface area is 277 Å². The molecular formula is C36H57N5O5. The van der Waals surface area contributed by atoms with Gasteiger partial charge in [-0.1, -0.05) is 78.8 Å². The fourth-order valence-electron chi connectivity index (χ4n) is 6.13. The van der Waals surface area contributed by atoms with E-state index in [1.807, 2.05) is 78.8 Å². The first-order valence-corrected chi connectivity index (χ1v) is 16.2. The summed E-state index contributed by atoms with van der Waals surface area (Å²) in [6, 6.07) is 5.73. The summed E-state index contributed by atoms with van der Waals surface area (Å²) in [6.45, 7) is 12.9. The maximum Gasteiger partial charge on any atom is 0.246 e. The zero-order valence-electron chi connectivity index (χ0n) is 29.8. The third-order valence-electron chi connectivity index (χ3n) is 8.74. The number of hydrogen-bond acceptors (Lipinski definition) is 5. The van der Waals surface area contributed by atoms with Crippen LogP contribution in [0.15, 0.2) is 30.3 Å². The summed E-state index contributed by atoms with van der Waals surface area (Å²) in [4.78, 5) is 73.7. The molecule has 10 nitrogen and oxygen atoms in total. The standard InChI is InChI=1S/C36H57N5O5/c1-13-14-16-19-26(8)33(43)39(10)30(24(4)5)35(45)41(12)31(25(6)7)36(46)40(11)29(23(2)3)34(44)38(9)28(32(37)42)22-27-20-17-15-18-21-27/h1,15,17-18,20-21,23-26,28-31H,14,16,19,22H2,2-12H3,(H2,37,42). The number of amides is 5. The average molecular weight is 640 g/mol. The number of nitrogens with two attached hydrogens (primary N) is 1. The quantitative estimate of drug-likeness (QED) is 0.207. The molecule has 46 heavy (non-hydrogen) atoms. The minimum absolute atomic E-state index is 0.157. The Hall–Kier alpha value is -3.87. The molecule has 0 fully saturated rings. The second kappa shape index (κ2) is 18.3. The molecule has 0 radical (unpaired) electrons. The van der Waals surface area contributed by atoms with Crippen LogP contribution in [-0.4, -0.2) is 101 Å². The molecular weight excluding hydrogens is 582 g/mol. The zero-order valence-corrected chi connectivity index (χ0v) is 29.8. The number of carbonyl (C=O) groups excluding carboxylic acids is 5. The molecule has 1 rings (SSSR count). The van der Waals surface area contributed by atoms with E-state index in [2.05, 4.69) is 5.92 Å². The van der Waals surface area contributed by atoms with Crippen molar-refractivity contribution in [1.82, 2.24) is 19.6 Å². The largest absolute Gasteiger partial charge is 0.368 e. The molecule has 10 heteroatoms. The van der Waals surface area contributed by atoms with Gasteiger partial charge in [0.2, 0.25) is 29.5 Å². The van der Waals surface area contributed by atoms with Gasteiger partial charge in [-0.2, -0.15) is 0 Å². The van der Waals surface area contributed by atoms with Crippen LogP contribution in [-0.2, 0) is 30.4 Å². The number of hydrogen-bond donors (Lipinski definition) is 1. The first kappa shape index (κ1) is 40.2. The molecule has 0 aliphatic rings. The van der Waals surface area contributed by atoms with E-state index in [9.17, 15) is 24.0 Å². The molecule has 0 aliphatic heterocycles. The molecule has 256 valence electrons. The van der Waals surface area contributed by atoms with E-state index in [1.165, 1.54) is 26.6 Å².